The molecule has 5 rings (SSSR count). The number of carbonyl (C=O) groups excluding carboxylic acids is 2. The van der Waals surface area contributed by atoms with Gasteiger partial charge in [0.25, 0.3) is 0 Å². The molecule has 4 aromatic rings. The summed E-state index contributed by atoms with van der Waals surface area (Å²) in [6, 6.07) is 23.7. The molecular weight excluding hydrogens is 464 g/mol. The number of benzene rings is 3. The predicted molar refractivity (Wildman–Crippen MR) is 147 cm³/mol. The van der Waals surface area contributed by atoms with Gasteiger partial charge in [-0.25, -0.2) is 9.59 Å². The Hall–Kier alpha value is -3.94. The summed E-state index contributed by atoms with van der Waals surface area (Å²) in [4.78, 5) is 30.0. The van der Waals surface area contributed by atoms with Crippen LogP contribution in [0.1, 0.15) is 31.4 Å². The van der Waals surface area contributed by atoms with E-state index in [1.807, 2.05) is 105 Å². The molecule has 3 atom stereocenters. The maximum atomic E-state index is 14.2. The molecule has 1 unspecified atom stereocenters. The molecule has 3 amide bonds. The molecule has 1 aliphatic heterocycles. The first-order chi connectivity index (χ1) is 17.8. The standard InChI is InChI=1S/C30H32N4O3/c1-20-8-7-17-34(20,29(35)28(33(2)3)22-9-5-4-6-10-22)30(36)32-25-15-16-26-23(18-25)19-27(37-26)21-11-13-24(31)14-12-21/h4-6,9-16,18-20,28H,7-8,17,31H2,1-3H3/p+1/t20-,28-,34?/m1/s1. The van der Waals surface area contributed by atoms with E-state index in [1.54, 1.807) is 0 Å². The molecule has 7 heteroatoms. The maximum Gasteiger partial charge on any atom is 0.428 e. The molecule has 3 N–H and O–H groups in total. The molecule has 0 radical (unpaired) electrons. The van der Waals surface area contributed by atoms with Gasteiger partial charge < -0.3 is 10.2 Å². The van der Waals surface area contributed by atoms with Gasteiger partial charge in [-0.3, -0.25) is 10.2 Å². The number of hydrogen-bond donors (Lipinski definition) is 2. The molecular formula is C30H33N4O3+. The molecule has 37 heavy (non-hydrogen) atoms. The first-order valence-electron chi connectivity index (χ1n) is 12.6. The number of urea groups is 1. The second kappa shape index (κ2) is 9.84. The van der Waals surface area contributed by atoms with Gasteiger partial charge in [0.2, 0.25) is 0 Å². The van der Waals surface area contributed by atoms with Crippen molar-refractivity contribution in [3.8, 4) is 11.3 Å². The van der Waals surface area contributed by atoms with Crippen molar-refractivity contribution in [2.75, 3.05) is 31.7 Å². The molecule has 3 aromatic carbocycles. The van der Waals surface area contributed by atoms with Gasteiger partial charge in [0.1, 0.15) is 17.4 Å². The van der Waals surface area contributed by atoms with E-state index in [9.17, 15) is 9.59 Å². The van der Waals surface area contributed by atoms with Crippen LogP contribution in [-0.4, -0.2) is 48.0 Å². The van der Waals surface area contributed by atoms with Crippen LogP contribution >= 0.6 is 0 Å². The Bertz CT molecular complexity index is 1430. The molecule has 0 spiro atoms. The summed E-state index contributed by atoms with van der Waals surface area (Å²) >= 11 is 0. The molecule has 2 heterocycles. The Balaban J connectivity index is 1.45. The number of likely N-dealkylation sites (tertiary alicyclic amines) is 1. The number of quaternary nitrogens is 1. The van der Waals surface area contributed by atoms with Gasteiger partial charge in [0.05, 0.1) is 6.54 Å². The molecule has 190 valence electrons. The minimum Gasteiger partial charge on any atom is -0.456 e. The first-order valence-corrected chi connectivity index (χ1v) is 12.6. The highest BCUT2D eigenvalue weighted by Crippen LogP contribution is 2.36. The average Bonchev–Trinajstić information content (AvgIpc) is 3.48. The van der Waals surface area contributed by atoms with Gasteiger partial charge >= 0.3 is 11.9 Å². The van der Waals surface area contributed by atoms with Crippen LogP contribution in [0, 0.1) is 0 Å². The van der Waals surface area contributed by atoms with E-state index in [0.29, 0.717) is 17.9 Å². The third-order valence-electron chi connectivity index (χ3n) is 7.47. The fraction of sp³-hybridized carbons (Fsp3) is 0.267. The second-order valence-electron chi connectivity index (χ2n) is 10.1. The number of nitrogens with one attached hydrogen (secondary N) is 1. The number of amides is 3. The van der Waals surface area contributed by atoms with Gasteiger partial charge in [-0.05, 0) is 75.1 Å². The Morgan fingerprint density at radius 1 is 1.03 bits per heavy atom. The van der Waals surface area contributed by atoms with Crippen molar-refractivity contribution in [3.05, 3.63) is 84.4 Å². The number of furan rings is 1. The van der Waals surface area contributed by atoms with Crippen molar-refractivity contribution in [2.24, 2.45) is 0 Å². The van der Waals surface area contributed by atoms with Crippen LogP contribution in [0.3, 0.4) is 0 Å². The number of nitrogen functional groups attached to an aromatic ring is 1. The summed E-state index contributed by atoms with van der Waals surface area (Å²) in [7, 11) is 3.77. The third-order valence-corrected chi connectivity index (χ3v) is 7.47. The summed E-state index contributed by atoms with van der Waals surface area (Å²) in [6.45, 7) is 2.48. The highest BCUT2D eigenvalue weighted by molar-refractivity contribution is 5.96. The third kappa shape index (κ3) is 4.52. The lowest BCUT2D eigenvalue weighted by atomic mass is 10.0. The zero-order valence-electron chi connectivity index (χ0n) is 21.5. The zero-order valence-corrected chi connectivity index (χ0v) is 21.5. The van der Waals surface area contributed by atoms with E-state index >= 15 is 0 Å². The van der Waals surface area contributed by atoms with Crippen LogP contribution in [0.15, 0.2) is 83.3 Å². The highest BCUT2D eigenvalue weighted by Gasteiger charge is 2.55. The van der Waals surface area contributed by atoms with E-state index in [2.05, 4.69) is 5.32 Å². The molecule has 1 aliphatic rings. The average molecular weight is 498 g/mol. The van der Waals surface area contributed by atoms with E-state index < -0.39 is 6.04 Å². The number of hydrogen-bond acceptors (Lipinski definition) is 5. The van der Waals surface area contributed by atoms with Crippen LogP contribution in [0.5, 0.6) is 0 Å². The minimum atomic E-state index is -0.522. The molecule has 1 saturated heterocycles. The number of imide groups is 1. The number of carbonyl (C=O) groups is 2. The van der Waals surface area contributed by atoms with Crippen molar-refractivity contribution < 1.29 is 18.5 Å². The summed E-state index contributed by atoms with van der Waals surface area (Å²) in [5, 5.41) is 3.93. The lowest BCUT2D eigenvalue weighted by Gasteiger charge is -2.37. The van der Waals surface area contributed by atoms with Gasteiger partial charge in [-0.2, -0.15) is 4.48 Å². The van der Waals surface area contributed by atoms with Gasteiger partial charge in [0, 0.05) is 35.2 Å². The van der Waals surface area contributed by atoms with E-state index in [0.717, 1.165) is 40.7 Å². The van der Waals surface area contributed by atoms with Crippen molar-refractivity contribution in [1.82, 2.24) is 4.90 Å². The lowest BCUT2D eigenvalue weighted by molar-refractivity contribution is -0.783. The Morgan fingerprint density at radius 2 is 1.76 bits per heavy atom. The normalized spacial score (nSPS) is 20.3. The number of likely N-dealkylation sites (N-methyl/N-ethyl adjacent to an activating group) is 1. The molecule has 0 bridgehead atoms. The molecule has 0 aliphatic carbocycles. The largest absolute Gasteiger partial charge is 0.456 e. The number of nitrogens with zero attached hydrogens (tertiary/aromatic N) is 2. The van der Waals surface area contributed by atoms with Crippen LogP contribution in [-0.2, 0) is 4.79 Å². The monoisotopic (exact) mass is 497 g/mol. The molecule has 0 saturated carbocycles. The lowest BCUT2D eigenvalue weighted by Crippen LogP contribution is -2.63. The number of nitrogens with two attached hydrogens (primary N) is 1. The Kier molecular flexibility index (Phi) is 6.58. The van der Waals surface area contributed by atoms with E-state index in [-0.39, 0.29) is 22.5 Å². The highest BCUT2D eigenvalue weighted by atomic mass is 16.3. The van der Waals surface area contributed by atoms with Crippen molar-refractivity contribution in [3.63, 3.8) is 0 Å². The summed E-state index contributed by atoms with van der Waals surface area (Å²) < 4.78 is 5.79. The summed E-state index contributed by atoms with van der Waals surface area (Å²) in [6.07, 6.45) is 1.64. The Labute approximate surface area is 217 Å². The molecule has 1 fully saturated rings. The first kappa shape index (κ1) is 24.7. The predicted octanol–water partition coefficient (Wildman–Crippen LogP) is 6.04. The van der Waals surface area contributed by atoms with Crippen LogP contribution in [0.4, 0.5) is 16.2 Å². The molecule has 7 nitrogen and oxygen atoms in total. The number of fused-ring (bicyclic) bond motifs is 1. The van der Waals surface area contributed by atoms with Gasteiger partial charge in [-0.1, -0.05) is 30.3 Å². The van der Waals surface area contributed by atoms with E-state index in [1.165, 1.54) is 0 Å². The van der Waals surface area contributed by atoms with Crippen molar-refractivity contribution in [1.29, 1.82) is 0 Å². The van der Waals surface area contributed by atoms with Crippen LogP contribution < -0.4 is 11.1 Å². The minimum absolute atomic E-state index is 0.103. The smallest absolute Gasteiger partial charge is 0.428 e. The van der Waals surface area contributed by atoms with Crippen LogP contribution in [0.25, 0.3) is 22.3 Å². The SMILES string of the molecule is C[C@@H]1CCC[N+]1(C(=O)Nc1ccc2oc(-c3ccc(N)cc3)cc2c1)C(=O)[C@@H](c1ccccc1)N(C)C. The van der Waals surface area contributed by atoms with Gasteiger partial charge in [-0.15, -0.1) is 0 Å². The van der Waals surface area contributed by atoms with E-state index in [4.69, 9.17) is 10.2 Å². The fourth-order valence-electron chi connectivity index (χ4n) is 5.46. The topological polar surface area (TPSA) is 88.6 Å². The summed E-state index contributed by atoms with van der Waals surface area (Å²) in [5.41, 5.74) is 9.66. The Morgan fingerprint density at radius 3 is 2.41 bits per heavy atom. The molecule has 1 aromatic heterocycles. The number of rotatable bonds is 5. The number of anilines is 2. The summed E-state index contributed by atoms with van der Waals surface area (Å²) in [5.74, 6) is 0.621. The fourth-order valence-corrected chi connectivity index (χ4v) is 5.46. The quantitative estimate of drug-likeness (QED) is 0.259. The second-order valence-corrected chi connectivity index (χ2v) is 10.1. The van der Waals surface area contributed by atoms with Gasteiger partial charge in [0.15, 0.2) is 6.04 Å². The maximum absolute atomic E-state index is 14.2. The van der Waals surface area contributed by atoms with Crippen molar-refractivity contribution >= 4 is 34.3 Å². The van der Waals surface area contributed by atoms with Crippen molar-refractivity contribution in [2.45, 2.75) is 31.8 Å². The van der Waals surface area contributed by atoms with Crippen LogP contribution in [0.2, 0.25) is 0 Å². The zero-order chi connectivity index (χ0) is 26.2.